The van der Waals surface area contributed by atoms with Crippen LogP contribution in [0.3, 0.4) is 0 Å². The van der Waals surface area contributed by atoms with E-state index in [1.54, 1.807) is 6.92 Å². The molecule has 1 unspecified atom stereocenters. The third kappa shape index (κ3) is 2.26. The van der Waals surface area contributed by atoms with Crippen molar-refractivity contribution in [2.45, 2.75) is 37.1 Å². The van der Waals surface area contributed by atoms with Gasteiger partial charge >= 0.3 is 13.7 Å². The van der Waals surface area contributed by atoms with Gasteiger partial charge in [-0.25, -0.2) is 4.79 Å². The van der Waals surface area contributed by atoms with Gasteiger partial charge in [0.05, 0.1) is 6.61 Å². The molecule has 2 bridgehead atoms. The Balaban J connectivity index is 1.94. The van der Waals surface area contributed by atoms with Gasteiger partial charge in [0.2, 0.25) is 0 Å². The van der Waals surface area contributed by atoms with E-state index in [1.165, 1.54) is 18.9 Å². The summed E-state index contributed by atoms with van der Waals surface area (Å²) in [4.78, 5) is 25.1. The normalized spacial score (nSPS) is 35.6. The Labute approximate surface area is 125 Å². The molecular formula is C12H16N2O7P+. The van der Waals surface area contributed by atoms with Crippen LogP contribution < -0.4 is 11.2 Å². The molecule has 0 amide bonds. The van der Waals surface area contributed by atoms with Gasteiger partial charge in [-0.3, -0.25) is 14.3 Å². The molecule has 0 radical (unpaired) electrons. The first-order chi connectivity index (χ1) is 10.3. The van der Waals surface area contributed by atoms with Gasteiger partial charge in [0.1, 0.15) is 18.3 Å². The smallest absolute Gasteiger partial charge is 0.387 e. The van der Waals surface area contributed by atoms with Crippen molar-refractivity contribution in [3.05, 3.63) is 33.1 Å². The van der Waals surface area contributed by atoms with Gasteiger partial charge in [-0.15, -0.1) is 4.52 Å². The average Bonchev–Trinajstić information content (AvgIpc) is 2.90. The average molecular weight is 331 g/mol. The van der Waals surface area contributed by atoms with Crippen LogP contribution in [-0.4, -0.2) is 51.8 Å². The van der Waals surface area contributed by atoms with E-state index in [0.717, 1.165) is 4.57 Å². The fourth-order valence-electron chi connectivity index (χ4n) is 2.92. The summed E-state index contributed by atoms with van der Waals surface area (Å²) in [6, 6.07) is 1.18. The van der Waals surface area contributed by atoms with Gasteiger partial charge in [-0.1, -0.05) is 0 Å². The van der Waals surface area contributed by atoms with Crippen molar-refractivity contribution in [1.29, 1.82) is 0 Å². The summed E-state index contributed by atoms with van der Waals surface area (Å²) >= 11 is 0. The maximum Gasteiger partial charge on any atom is 0.505 e. The van der Waals surface area contributed by atoms with Gasteiger partial charge in [0.25, 0.3) is 5.56 Å². The van der Waals surface area contributed by atoms with Crippen LogP contribution in [-0.2, 0) is 18.6 Å². The van der Waals surface area contributed by atoms with Crippen LogP contribution in [0.2, 0.25) is 0 Å². The van der Waals surface area contributed by atoms with Crippen LogP contribution in [0.5, 0.6) is 0 Å². The summed E-state index contributed by atoms with van der Waals surface area (Å²) in [7, 11) is -1.89. The van der Waals surface area contributed by atoms with Crippen LogP contribution in [0.15, 0.2) is 21.9 Å². The second-order valence-electron chi connectivity index (χ2n) is 5.39. The predicted octanol–water partition coefficient (Wildman–Crippen LogP) is -0.659. The second-order valence-corrected chi connectivity index (χ2v) is 6.48. The van der Waals surface area contributed by atoms with Crippen molar-refractivity contribution in [1.82, 2.24) is 9.55 Å². The molecule has 0 saturated carbocycles. The molecule has 2 N–H and O–H groups in total. The van der Waals surface area contributed by atoms with Gasteiger partial charge in [0.15, 0.2) is 18.5 Å². The van der Waals surface area contributed by atoms with Gasteiger partial charge in [-0.05, 0) is 11.5 Å². The molecule has 3 heterocycles. The molecule has 10 heteroatoms. The number of hydrogen-bond donors (Lipinski definition) is 2. The highest BCUT2D eigenvalue weighted by Crippen LogP contribution is 2.48. The Morgan fingerprint density at radius 1 is 1.59 bits per heavy atom. The summed E-state index contributed by atoms with van der Waals surface area (Å²) in [5, 5.41) is 10.4. The minimum atomic E-state index is -1.89. The number of ether oxygens (including phenoxy) is 2. The number of H-pyrrole nitrogens is 1. The number of aromatic amines is 1. The van der Waals surface area contributed by atoms with Crippen LogP contribution in [0.1, 0.15) is 13.2 Å². The zero-order valence-corrected chi connectivity index (χ0v) is 12.9. The molecule has 0 aliphatic carbocycles. The number of aliphatic hydroxyl groups excluding tert-OH is 1. The zero-order valence-electron chi connectivity index (χ0n) is 12.0. The number of hydrogen-bond acceptors (Lipinski definition) is 7. The SMILES string of the molecule is C[C@H](O[P+](C)=O)[C@@]12CO[C@@H]([C@H](n3ccc(=O)[nH]c3=O)O1)[C@@H]2O. The fraction of sp³-hybridized carbons (Fsp3) is 0.667. The molecule has 1 aromatic heterocycles. The van der Waals surface area contributed by atoms with Crippen LogP contribution >= 0.6 is 8.03 Å². The minimum absolute atomic E-state index is 0.0672. The van der Waals surface area contributed by atoms with Crippen molar-refractivity contribution in [2.24, 2.45) is 0 Å². The largest absolute Gasteiger partial charge is 0.505 e. The lowest BCUT2D eigenvalue weighted by Gasteiger charge is -2.32. The lowest BCUT2D eigenvalue weighted by atomic mass is 9.94. The highest BCUT2D eigenvalue weighted by Gasteiger charge is 2.65. The number of rotatable bonds is 4. The summed E-state index contributed by atoms with van der Waals surface area (Å²) < 4.78 is 29.1. The quantitative estimate of drug-likeness (QED) is 0.703. The maximum absolute atomic E-state index is 11.9. The molecule has 120 valence electrons. The third-order valence-corrected chi connectivity index (χ3v) is 4.67. The molecule has 0 aromatic carbocycles. The van der Waals surface area contributed by atoms with E-state index in [4.69, 9.17) is 14.0 Å². The first-order valence-corrected chi connectivity index (χ1v) is 8.34. The monoisotopic (exact) mass is 331 g/mol. The molecule has 0 spiro atoms. The number of nitrogens with one attached hydrogen (secondary N) is 1. The van der Waals surface area contributed by atoms with E-state index in [1.807, 2.05) is 0 Å². The molecular weight excluding hydrogens is 315 g/mol. The Morgan fingerprint density at radius 2 is 2.32 bits per heavy atom. The molecule has 3 rings (SSSR count). The summed E-state index contributed by atoms with van der Waals surface area (Å²) in [6.45, 7) is 3.10. The maximum atomic E-state index is 11.9. The summed E-state index contributed by atoms with van der Waals surface area (Å²) in [5.41, 5.74) is -2.39. The van der Waals surface area contributed by atoms with Gasteiger partial charge in [0, 0.05) is 12.3 Å². The molecule has 22 heavy (non-hydrogen) atoms. The number of fused-ring (bicyclic) bond motifs is 2. The van der Waals surface area contributed by atoms with Crippen molar-refractivity contribution in [2.75, 3.05) is 13.3 Å². The molecule has 1 aromatic rings. The van der Waals surface area contributed by atoms with E-state index in [0.29, 0.717) is 0 Å². The van der Waals surface area contributed by atoms with Crippen molar-refractivity contribution in [3.8, 4) is 0 Å². The van der Waals surface area contributed by atoms with E-state index in [9.17, 15) is 19.3 Å². The van der Waals surface area contributed by atoms with Crippen molar-refractivity contribution in [3.63, 3.8) is 0 Å². The Bertz CT molecular complexity index is 716. The standard InChI is InChI=1S/C12H15N2O7P/c1-6(21-22(2)18)12-5-19-8(9(12)16)10(20-12)14-4-3-7(15)13-11(14)17/h3-4,6,8-10,16H,5H2,1-2H3/p+1/t6-,8+,9-,10+,12+/m0/s1. The molecule has 2 saturated heterocycles. The molecule has 2 fully saturated rings. The zero-order chi connectivity index (χ0) is 16.1. The lowest BCUT2D eigenvalue weighted by molar-refractivity contribution is -0.201. The number of aliphatic hydroxyl groups is 1. The van der Waals surface area contributed by atoms with Crippen LogP contribution in [0, 0.1) is 0 Å². The second kappa shape index (κ2) is 5.36. The predicted molar refractivity (Wildman–Crippen MR) is 74.0 cm³/mol. The van der Waals surface area contributed by atoms with Crippen molar-refractivity contribution < 1.29 is 23.7 Å². The molecule has 2 aliphatic heterocycles. The molecule has 6 atom stereocenters. The molecule has 2 aliphatic rings. The Kier molecular flexibility index (Phi) is 3.78. The molecule has 9 nitrogen and oxygen atoms in total. The third-order valence-electron chi connectivity index (χ3n) is 4.05. The highest BCUT2D eigenvalue weighted by atomic mass is 31.1. The van der Waals surface area contributed by atoms with Crippen LogP contribution in [0.4, 0.5) is 0 Å². The van der Waals surface area contributed by atoms with E-state index in [2.05, 4.69) is 4.98 Å². The number of aromatic nitrogens is 2. The van der Waals surface area contributed by atoms with Crippen LogP contribution in [0.25, 0.3) is 0 Å². The Morgan fingerprint density at radius 3 is 2.95 bits per heavy atom. The first-order valence-electron chi connectivity index (χ1n) is 6.72. The number of nitrogens with zero attached hydrogens (tertiary/aromatic N) is 1. The van der Waals surface area contributed by atoms with Gasteiger partial charge in [-0.2, -0.15) is 0 Å². The van der Waals surface area contributed by atoms with Crippen molar-refractivity contribution >= 4 is 8.03 Å². The van der Waals surface area contributed by atoms with E-state index < -0.39 is 49.4 Å². The lowest BCUT2D eigenvalue weighted by Crippen LogP contribution is -2.50. The fourth-order valence-corrected chi connectivity index (χ4v) is 3.55. The van der Waals surface area contributed by atoms with E-state index in [-0.39, 0.29) is 6.61 Å². The first kappa shape index (κ1) is 15.5. The summed E-state index contributed by atoms with van der Waals surface area (Å²) in [5.74, 6) is 0. The topological polar surface area (TPSA) is 120 Å². The van der Waals surface area contributed by atoms with E-state index >= 15 is 0 Å². The van der Waals surface area contributed by atoms with Gasteiger partial charge < -0.3 is 14.6 Å². The Hall–Kier alpha value is -1.38. The summed E-state index contributed by atoms with van der Waals surface area (Å²) in [6.07, 6.45) is -2.12. The minimum Gasteiger partial charge on any atom is -0.387 e. The highest BCUT2D eigenvalue weighted by molar-refractivity contribution is 7.38.